The summed E-state index contributed by atoms with van der Waals surface area (Å²) in [6.07, 6.45) is 2.64. The molecule has 2 aromatic heterocycles. The number of aromatic amines is 1. The molecule has 0 radical (unpaired) electrons. The van der Waals surface area contributed by atoms with Crippen molar-refractivity contribution in [2.45, 2.75) is 13.3 Å². The fourth-order valence-electron chi connectivity index (χ4n) is 2.14. The zero-order chi connectivity index (χ0) is 13.2. The molecule has 0 amide bonds. The lowest BCUT2D eigenvalue weighted by Crippen LogP contribution is -1.96. The van der Waals surface area contributed by atoms with E-state index in [0.29, 0.717) is 4.64 Å². The van der Waals surface area contributed by atoms with Crippen molar-refractivity contribution in [1.29, 1.82) is 0 Å². The minimum atomic E-state index is 0.610. The number of hydrogen-bond donors (Lipinski definition) is 1. The first-order valence-electron chi connectivity index (χ1n) is 6.22. The Hall–Kier alpha value is -2.07. The topological polar surface area (TPSA) is 41.6 Å². The Bertz CT molecular complexity index is 787. The highest BCUT2D eigenvalue weighted by Crippen LogP contribution is 2.25. The van der Waals surface area contributed by atoms with Gasteiger partial charge in [-0.2, -0.15) is 0 Å². The molecular formula is C15H13N3S. The number of rotatable bonds is 2. The molecule has 0 aliphatic heterocycles. The van der Waals surface area contributed by atoms with E-state index < -0.39 is 0 Å². The van der Waals surface area contributed by atoms with Crippen LogP contribution >= 0.6 is 12.2 Å². The number of aryl methyl sites for hydroxylation is 1. The number of fused-ring (bicyclic) bond motifs is 1. The largest absolute Gasteiger partial charge is 0.343 e. The normalized spacial score (nSPS) is 10.8. The zero-order valence-corrected chi connectivity index (χ0v) is 11.4. The zero-order valence-electron chi connectivity index (χ0n) is 10.6. The van der Waals surface area contributed by atoms with Crippen LogP contribution in [0.1, 0.15) is 12.7 Å². The van der Waals surface area contributed by atoms with Gasteiger partial charge in [0.05, 0.1) is 11.2 Å². The lowest BCUT2D eigenvalue weighted by atomic mass is 10.1. The van der Waals surface area contributed by atoms with Crippen LogP contribution in [0, 0.1) is 4.64 Å². The van der Waals surface area contributed by atoms with Crippen LogP contribution in [0.2, 0.25) is 0 Å². The van der Waals surface area contributed by atoms with Gasteiger partial charge in [0.2, 0.25) is 0 Å². The Morgan fingerprint density at radius 3 is 2.89 bits per heavy atom. The van der Waals surface area contributed by atoms with Crippen LogP contribution in [-0.4, -0.2) is 15.0 Å². The Kier molecular flexibility index (Phi) is 3.09. The van der Waals surface area contributed by atoms with E-state index in [9.17, 15) is 0 Å². The number of nitrogens with zero attached hydrogens (tertiary/aromatic N) is 2. The molecular weight excluding hydrogens is 254 g/mol. The minimum Gasteiger partial charge on any atom is -0.343 e. The molecule has 94 valence electrons. The molecule has 0 aliphatic carbocycles. The average molecular weight is 267 g/mol. The third-order valence-corrected chi connectivity index (χ3v) is 3.26. The van der Waals surface area contributed by atoms with Gasteiger partial charge in [-0.15, -0.1) is 0 Å². The number of nitrogens with one attached hydrogen (secondary N) is 1. The van der Waals surface area contributed by atoms with Gasteiger partial charge in [0.1, 0.15) is 10.5 Å². The Balaban J connectivity index is 2.30. The summed E-state index contributed by atoms with van der Waals surface area (Å²) in [6.45, 7) is 2.05. The predicted molar refractivity (Wildman–Crippen MR) is 79.5 cm³/mol. The molecule has 4 heteroatoms. The second-order valence-corrected chi connectivity index (χ2v) is 4.73. The summed E-state index contributed by atoms with van der Waals surface area (Å²) in [7, 11) is 0. The molecule has 1 aromatic carbocycles. The van der Waals surface area contributed by atoms with Crippen molar-refractivity contribution in [2.24, 2.45) is 0 Å². The van der Waals surface area contributed by atoms with Crippen LogP contribution in [0.3, 0.4) is 0 Å². The summed E-state index contributed by atoms with van der Waals surface area (Å²) in [6, 6.07) is 12.0. The number of aromatic nitrogens is 3. The third kappa shape index (κ3) is 2.27. The van der Waals surface area contributed by atoms with E-state index in [0.717, 1.165) is 34.4 Å². The van der Waals surface area contributed by atoms with Crippen LogP contribution in [0.4, 0.5) is 0 Å². The van der Waals surface area contributed by atoms with E-state index in [1.54, 1.807) is 0 Å². The fraction of sp³-hybridized carbons (Fsp3) is 0.133. The Morgan fingerprint density at radius 2 is 2.05 bits per heavy atom. The van der Waals surface area contributed by atoms with Crippen molar-refractivity contribution in [3.63, 3.8) is 0 Å². The van der Waals surface area contributed by atoms with Crippen LogP contribution in [0.15, 0.2) is 42.6 Å². The van der Waals surface area contributed by atoms with Crippen molar-refractivity contribution in [2.75, 3.05) is 0 Å². The quantitative estimate of drug-likeness (QED) is 0.716. The first-order valence-corrected chi connectivity index (χ1v) is 6.63. The molecule has 0 unspecified atom stereocenters. The van der Waals surface area contributed by atoms with Crippen LogP contribution in [0.25, 0.3) is 22.2 Å². The van der Waals surface area contributed by atoms with Crippen LogP contribution < -0.4 is 0 Å². The molecule has 0 fully saturated rings. The lowest BCUT2D eigenvalue weighted by molar-refractivity contribution is 0.937. The molecule has 0 spiro atoms. The first kappa shape index (κ1) is 12.0. The van der Waals surface area contributed by atoms with Gasteiger partial charge in [-0.3, -0.25) is 4.98 Å². The lowest BCUT2D eigenvalue weighted by Gasteiger charge is -2.07. The van der Waals surface area contributed by atoms with Gasteiger partial charge in [-0.1, -0.05) is 43.4 Å². The molecule has 0 saturated heterocycles. The summed E-state index contributed by atoms with van der Waals surface area (Å²) in [5.74, 6) is 0.899. The predicted octanol–water partition coefficient (Wildman–Crippen LogP) is 3.92. The number of benzene rings is 1. The Morgan fingerprint density at radius 1 is 1.21 bits per heavy atom. The smallest absolute Gasteiger partial charge is 0.130 e. The summed E-state index contributed by atoms with van der Waals surface area (Å²) < 4.78 is 0.610. The minimum absolute atomic E-state index is 0.610. The van der Waals surface area contributed by atoms with E-state index >= 15 is 0 Å². The molecule has 0 aliphatic rings. The van der Waals surface area contributed by atoms with E-state index in [-0.39, 0.29) is 0 Å². The van der Waals surface area contributed by atoms with E-state index in [1.807, 2.05) is 24.4 Å². The van der Waals surface area contributed by atoms with E-state index in [1.165, 1.54) is 0 Å². The highest BCUT2D eigenvalue weighted by Gasteiger charge is 2.06. The van der Waals surface area contributed by atoms with Crippen molar-refractivity contribution in [3.8, 4) is 11.3 Å². The van der Waals surface area contributed by atoms with Crippen LogP contribution in [-0.2, 0) is 6.42 Å². The number of hydrogen-bond acceptors (Lipinski definition) is 3. The average Bonchev–Trinajstić information content (AvgIpc) is 2.46. The summed E-state index contributed by atoms with van der Waals surface area (Å²) in [5, 5.41) is 1.12. The van der Waals surface area contributed by atoms with Crippen molar-refractivity contribution >= 4 is 23.1 Å². The summed E-state index contributed by atoms with van der Waals surface area (Å²) in [5.41, 5.74) is 3.01. The molecule has 1 N–H and O–H groups in total. The van der Waals surface area contributed by atoms with E-state index in [2.05, 4.69) is 40.1 Å². The molecule has 2 heterocycles. The highest BCUT2D eigenvalue weighted by molar-refractivity contribution is 7.71. The molecule has 19 heavy (non-hydrogen) atoms. The standard InChI is InChI=1S/C15H13N3S/c1-2-13-17-12(9-14(19)18-13)11-7-3-5-10-6-4-8-16-15(10)11/h3-9H,2H2,1H3,(H,17,18,19). The number of pyridine rings is 1. The number of para-hydroxylation sites is 1. The van der Waals surface area contributed by atoms with Gasteiger partial charge >= 0.3 is 0 Å². The molecule has 0 bridgehead atoms. The monoisotopic (exact) mass is 267 g/mol. The van der Waals surface area contributed by atoms with Gasteiger partial charge in [-0.05, 0) is 12.1 Å². The molecule has 0 atom stereocenters. The van der Waals surface area contributed by atoms with Crippen molar-refractivity contribution < 1.29 is 0 Å². The fourth-order valence-corrected chi connectivity index (χ4v) is 2.37. The molecule has 3 aromatic rings. The first-order chi connectivity index (χ1) is 9.28. The van der Waals surface area contributed by atoms with Gasteiger partial charge in [0, 0.05) is 23.6 Å². The van der Waals surface area contributed by atoms with Gasteiger partial charge < -0.3 is 4.98 Å². The van der Waals surface area contributed by atoms with Gasteiger partial charge in [-0.25, -0.2) is 4.98 Å². The van der Waals surface area contributed by atoms with Crippen molar-refractivity contribution in [3.05, 3.63) is 53.1 Å². The molecule has 0 saturated carbocycles. The Labute approximate surface area is 116 Å². The number of H-pyrrole nitrogens is 1. The maximum absolute atomic E-state index is 5.22. The highest BCUT2D eigenvalue weighted by atomic mass is 32.1. The van der Waals surface area contributed by atoms with Gasteiger partial charge in [0.15, 0.2) is 0 Å². The molecule has 3 nitrogen and oxygen atoms in total. The van der Waals surface area contributed by atoms with Gasteiger partial charge in [0.25, 0.3) is 0 Å². The maximum atomic E-state index is 5.22. The van der Waals surface area contributed by atoms with Crippen molar-refractivity contribution in [1.82, 2.24) is 15.0 Å². The summed E-state index contributed by atoms with van der Waals surface area (Å²) >= 11 is 5.22. The second-order valence-electron chi connectivity index (χ2n) is 4.31. The maximum Gasteiger partial charge on any atom is 0.130 e. The van der Waals surface area contributed by atoms with Crippen LogP contribution in [0.5, 0.6) is 0 Å². The summed E-state index contributed by atoms with van der Waals surface area (Å²) in [4.78, 5) is 12.1. The second kappa shape index (κ2) is 4.90. The SMILES string of the molecule is CCc1nc(=S)cc(-c2cccc3cccnc23)[nH]1. The third-order valence-electron chi connectivity index (χ3n) is 3.05. The molecule has 3 rings (SSSR count). The van der Waals surface area contributed by atoms with E-state index in [4.69, 9.17) is 12.2 Å².